The number of benzene rings is 2. The van der Waals surface area contributed by atoms with E-state index in [0.717, 1.165) is 17.1 Å². The summed E-state index contributed by atoms with van der Waals surface area (Å²) in [4.78, 5) is 11.9. The van der Waals surface area contributed by atoms with Crippen molar-refractivity contribution in [1.82, 2.24) is 5.32 Å². The fraction of sp³-hybridized carbons (Fsp3) is 0.286. The summed E-state index contributed by atoms with van der Waals surface area (Å²) in [6, 6.07) is 14.0. The summed E-state index contributed by atoms with van der Waals surface area (Å²) in [6.07, 6.45) is 3.30. The van der Waals surface area contributed by atoms with Crippen LogP contribution in [0.25, 0.3) is 6.08 Å². The van der Waals surface area contributed by atoms with Gasteiger partial charge in [-0.05, 0) is 36.3 Å². The van der Waals surface area contributed by atoms with Gasteiger partial charge in [-0.15, -0.1) is 0 Å². The Morgan fingerprint density at radius 3 is 2.65 bits per heavy atom. The minimum atomic E-state index is -0.101. The maximum atomic E-state index is 11.9. The van der Waals surface area contributed by atoms with Crippen molar-refractivity contribution in [2.75, 3.05) is 26.5 Å². The quantitative estimate of drug-likeness (QED) is 0.533. The number of amides is 1. The van der Waals surface area contributed by atoms with Gasteiger partial charge in [0, 0.05) is 24.1 Å². The SMILES string of the molecule is COc1ccc(/C=C/C(=O)NCCSCc2cccc(C)c2)cc1OC. The number of hydrogen-bond donors (Lipinski definition) is 1. The summed E-state index contributed by atoms with van der Waals surface area (Å²) in [5.41, 5.74) is 3.47. The molecule has 0 heterocycles. The number of aryl methyl sites for hydroxylation is 1. The highest BCUT2D eigenvalue weighted by Crippen LogP contribution is 2.27. The monoisotopic (exact) mass is 371 g/mol. The molecule has 0 atom stereocenters. The second-order valence-electron chi connectivity index (χ2n) is 5.78. The minimum Gasteiger partial charge on any atom is -0.493 e. The lowest BCUT2D eigenvalue weighted by Gasteiger charge is -2.07. The number of methoxy groups -OCH3 is 2. The second kappa shape index (κ2) is 10.6. The van der Waals surface area contributed by atoms with E-state index in [9.17, 15) is 4.79 Å². The number of thioether (sulfide) groups is 1. The van der Waals surface area contributed by atoms with Gasteiger partial charge in [0.25, 0.3) is 0 Å². The fourth-order valence-electron chi connectivity index (χ4n) is 2.43. The van der Waals surface area contributed by atoms with E-state index in [1.54, 1.807) is 20.3 Å². The van der Waals surface area contributed by atoms with Gasteiger partial charge in [-0.1, -0.05) is 35.9 Å². The van der Waals surface area contributed by atoms with Gasteiger partial charge in [-0.25, -0.2) is 0 Å². The van der Waals surface area contributed by atoms with Gasteiger partial charge in [0.05, 0.1) is 14.2 Å². The fourth-order valence-corrected chi connectivity index (χ4v) is 3.23. The van der Waals surface area contributed by atoms with Crippen molar-refractivity contribution in [3.05, 3.63) is 65.2 Å². The first kappa shape index (κ1) is 19.9. The van der Waals surface area contributed by atoms with Crippen molar-refractivity contribution in [3.63, 3.8) is 0 Å². The largest absolute Gasteiger partial charge is 0.493 e. The molecule has 5 heteroatoms. The third-order valence-corrected chi connectivity index (χ3v) is 4.76. The lowest BCUT2D eigenvalue weighted by atomic mass is 10.2. The lowest BCUT2D eigenvalue weighted by molar-refractivity contribution is -0.116. The molecular formula is C21H25NO3S. The van der Waals surface area contributed by atoms with Crippen LogP contribution in [-0.2, 0) is 10.5 Å². The molecule has 4 nitrogen and oxygen atoms in total. The van der Waals surface area contributed by atoms with Crippen molar-refractivity contribution in [1.29, 1.82) is 0 Å². The Morgan fingerprint density at radius 1 is 1.12 bits per heavy atom. The van der Waals surface area contributed by atoms with E-state index in [1.807, 2.05) is 30.0 Å². The summed E-state index contributed by atoms with van der Waals surface area (Å²) < 4.78 is 10.5. The number of hydrogen-bond acceptors (Lipinski definition) is 4. The molecule has 1 amide bonds. The van der Waals surface area contributed by atoms with E-state index in [4.69, 9.17) is 9.47 Å². The molecule has 0 aromatic heterocycles. The molecule has 1 N–H and O–H groups in total. The molecule has 0 spiro atoms. The average Bonchev–Trinajstić information content (AvgIpc) is 2.65. The van der Waals surface area contributed by atoms with E-state index in [2.05, 4.69) is 36.5 Å². The van der Waals surface area contributed by atoms with Crippen LogP contribution >= 0.6 is 11.8 Å². The highest BCUT2D eigenvalue weighted by Gasteiger charge is 2.03. The summed E-state index contributed by atoms with van der Waals surface area (Å²) in [5.74, 6) is 3.04. The zero-order valence-corrected chi connectivity index (χ0v) is 16.3. The Kier molecular flexibility index (Phi) is 8.09. The first-order valence-corrected chi connectivity index (χ1v) is 9.59. The molecule has 2 rings (SSSR count). The Balaban J connectivity index is 1.72. The topological polar surface area (TPSA) is 47.6 Å². The van der Waals surface area contributed by atoms with Crippen LogP contribution < -0.4 is 14.8 Å². The number of nitrogens with one attached hydrogen (secondary N) is 1. The highest BCUT2D eigenvalue weighted by molar-refractivity contribution is 7.98. The van der Waals surface area contributed by atoms with Crippen LogP contribution in [0.3, 0.4) is 0 Å². The van der Waals surface area contributed by atoms with Gasteiger partial charge < -0.3 is 14.8 Å². The molecule has 0 bridgehead atoms. The molecule has 2 aromatic carbocycles. The van der Waals surface area contributed by atoms with Gasteiger partial charge in [0.1, 0.15) is 0 Å². The average molecular weight is 372 g/mol. The summed E-state index contributed by atoms with van der Waals surface area (Å²) in [6.45, 7) is 2.74. The first-order valence-electron chi connectivity index (χ1n) is 8.43. The Morgan fingerprint density at radius 2 is 1.92 bits per heavy atom. The second-order valence-corrected chi connectivity index (χ2v) is 6.89. The third-order valence-electron chi connectivity index (χ3n) is 3.73. The summed E-state index contributed by atoms with van der Waals surface area (Å²) >= 11 is 1.81. The zero-order chi connectivity index (χ0) is 18.8. The molecule has 2 aromatic rings. The van der Waals surface area contributed by atoms with Crippen LogP contribution in [0.15, 0.2) is 48.5 Å². The van der Waals surface area contributed by atoms with Crippen molar-refractivity contribution in [2.45, 2.75) is 12.7 Å². The number of ether oxygens (including phenoxy) is 2. The van der Waals surface area contributed by atoms with Crippen LogP contribution in [-0.4, -0.2) is 32.4 Å². The van der Waals surface area contributed by atoms with Gasteiger partial charge in [-0.2, -0.15) is 11.8 Å². The number of carbonyl (C=O) groups is 1. The first-order chi connectivity index (χ1) is 12.6. The van der Waals surface area contributed by atoms with Crippen LogP contribution in [0.1, 0.15) is 16.7 Å². The number of rotatable bonds is 9. The van der Waals surface area contributed by atoms with Crippen molar-refractivity contribution in [2.24, 2.45) is 0 Å². The van der Waals surface area contributed by atoms with Crippen LogP contribution in [0, 0.1) is 6.92 Å². The van der Waals surface area contributed by atoms with Crippen LogP contribution in [0.4, 0.5) is 0 Å². The highest BCUT2D eigenvalue weighted by atomic mass is 32.2. The van der Waals surface area contributed by atoms with Gasteiger partial charge in [0.15, 0.2) is 11.5 Å². The molecule has 0 radical (unpaired) electrons. The maximum Gasteiger partial charge on any atom is 0.244 e. The number of carbonyl (C=O) groups excluding carboxylic acids is 1. The molecule has 0 aliphatic carbocycles. The summed E-state index contributed by atoms with van der Waals surface area (Å²) in [7, 11) is 3.18. The predicted molar refractivity (Wildman–Crippen MR) is 109 cm³/mol. The smallest absolute Gasteiger partial charge is 0.244 e. The maximum absolute atomic E-state index is 11.9. The Labute approximate surface area is 159 Å². The van der Waals surface area contributed by atoms with Crippen molar-refractivity contribution in [3.8, 4) is 11.5 Å². The van der Waals surface area contributed by atoms with Gasteiger partial charge in [-0.3, -0.25) is 4.79 Å². The van der Waals surface area contributed by atoms with Crippen LogP contribution in [0.5, 0.6) is 11.5 Å². The Bertz CT molecular complexity index is 759. The van der Waals surface area contributed by atoms with E-state index < -0.39 is 0 Å². The van der Waals surface area contributed by atoms with E-state index in [-0.39, 0.29) is 5.91 Å². The molecular weight excluding hydrogens is 346 g/mol. The molecule has 0 fully saturated rings. The summed E-state index contributed by atoms with van der Waals surface area (Å²) in [5, 5.41) is 2.90. The molecule has 138 valence electrons. The predicted octanol–water partition coefficient (Wildman–Crippen LogP) is 4.08. The molecule has 0 aliphatic rings. The van der Waals surface area contributed by atoms with E-state index >= 15 is 0 Å². The normalized spacial score (nSPS) is 10.7. The molecule has 0 unspecified atom stereocenters. The van der Waals surface area contributed by atoms with Gasteiger partial charge >= 0.3 is 0 Å². The minimum absolute atomic E-state index is 0.101. The zero-order valence-electron chi connectivity index (χ0n) is 15.5. The molecule has 0 aliphatic heterocycles. The standard InChI is InChI=1S/C21H25NO3S/c1-16-5-4-6-18(13-16)15-26-12-11-22-21(23)10-8-17-7-9-19(24-2)20(14-17)25-3/h4-10,13-14H,11-12,15H2,1-3H3,(H,22,23)/b10-8+. The molecule has 0 saturated heterocycles. The molecule has 0 saturated carbocycles. The van der Waals surface area contributed by atoms with Crippen molar-refractivity contribution >= 4 is 23.7 Å². The lowest BCUT2D eigenvalue weighted by Crippen LogP contribution is -2.23. The molecule has 26 heavy (non-hydrogen) atoms. The van der Waals surface area contributed by atoms with E-state index in [0.29, 0.717) is 18.0 Å². The van der Waals surface area contributed by atoms with E-state index in [1.165, 1.54) is 17.2 Å². The van der Waals surface area contributed by atoms with Crippen LogP contribution in [0.2, 0.25) is 0 Å². The third kappa shape index (κ3) is 6.48. The van der Waals surface area contributed by atoms with Gasteiger partial charge in [0.2, 0.25) is 5.91 Å². The Hall–Kier alpha value is -2.40. The van der Waals surface area contributed by atoms with Crippen molar-refractivity contribution < 1.29 is 14.3 Å².